The van der Waals surface area contributed by atoms with Crippen molar-refractivity contribution in [3.8, 4) is 0 Å². The van der Waals surface area contributed by atoms with Gasteiger partial charge in [-0.15, -0.1) is 0 Å². The molecule has 2 fully saturated rings. The van der Waals surface area contributed by atoms with Gasteiger partial charge in [-0.1, -0.05) is 12.8 Å². The summed E-state index contributed by atoms with van der Waals surface area (Å²) in [5, 5.41) is 6.37. The number of amides is 1. The van der Waals surface area contributed by atoms with Crippen molar-refractivity contribution < 1.29 is 13.2 Å². The lowest BCUT2D eigenvalue weighted by molar-refractivity contribution is -0.128. The summed E-state index contributed by atoms with van der Waals surface area (Å²) >= 11 is 0. The van der Waals surface area contributed by atoms with Crippen LogP contribution in [0.25, 0.3) is 0 Å². The number of hydrogen-bond donors (Lipinski definition) is 3. The first-order valence-corrected chi connectivity index (χ1v) is 10.5. The minimum absolute atomic E-state index is 0.0538. The lowest BCUT2D eigenvalue weighted by Gasteiger charge is -2.37. The molecular formula is C18H27N3O3S. The van der Waals surface area contributed by atoms with Crippen LogP contribution in [0.5, 0.6) is 0 Å². The molecule has 0 radical (unpaired) electrons. The van der Waals surface area contributed by atoms with Crippen molar-refractivity contribution in [1.82, 2.24) is 10.0 Å². The van der Waals surface area contributed by atoms with Gasteiger partial charge in [-0.25, -0.2) is 13.1 Å². The lowest BCUT2D eigenvalue weighted by atomic mass is 9.67. The Labute approximate surface area is 149 Å². The fraction of sp³-hybridized carbons (Fsp3) is 0.611. The third kappa shape index (κ3) is 3.73. The van der Waals surface area contributed by atoms with E-state index in [1.807, 2.05) is 0 Å². The molecule has 0 unspecified atom stereocenters. The number of anilines is 1. The van der Waals surface area contributed by atoms with Gasteiger partial charge in [0.1, 0.15) is 0 Å². The largest absolute Gasteiger partial charge is 0.326 e. The molecule has 138 valence electrons. The molecule has 1 aliphatic heterocycles. The predicted octanol–water partition coefficient (Wildman–Crippen LogP) is 2.09. The zero-order chi connectivity index (χ0) is 18.1. The summed E-state index contributed by atoms with van der Waals surface area (Å²) in [5.74, 6) is 0.453. The van der Waals surface area contributed by atoms with Gasteiger partial charge in [-0.2, -0.15) is 0 Å². The van der Waals surface area contributed by atoms with Crippen molar-refractivity contribution in [1.29, 1.82) is 0 Å². The average Bonchev–Trinajstić information content (AvgIpc) is 2.99. The highest BCUT2D eigenvalue weighted by atomic mass is 32.2. The molecule has 2 atom stereocenters. The molecule has 3 N–H and O–H groups in total. The van der Waals surface area contributed by atoms with E-state index in [0.717, 1.165) is 32.4 Å². The van der Waals surface area contributed by atoms with Gasteiger partial charge in [0.15, 0.2) is 0 Å². The van der Waals surface area contributed by atoms with Gasteiger partial charge < -0.3 is 10.6 Å². The van der Waals surface area contributed by atoms with E-state index in [9.17, 15) is 13.2 Å². The highest BCUT2D eigenvalue weighted by Crippen LogP contribution is 2.44. The van der Waals surface area contributed by atoms with Crippen LogP contribution in [0.3, 0.4) is 0 Å². The van der Waals surface area contributed by atoms with E-state index in [2.05, 4.69) is 15.4 Å². The number of carbonyl (C=O) groups excluding carboxylic acids is 1. The summed E-state index contributed by atoms with van der Waals surface area (Å²) in [6.07, 6.45) is 4.29. The summed E-state index contributed by atoms with van der Waals surface area (Å²) in [4.78, 5) is 13.1. The minimum atomic E-state index is -3.51. The van der Waals surface area contributed by atoms with Gasteiger partial charge >= 0.3 is 0 Å². The van der Waals surface area contributed by atoms with Crippen LogP contribution in [0.15, 0.2) is 29.2 Å². The third-order valence-corrected chi connectivity index (χ3v) is 6.98. The molecule has 1 heterocycles. The number of hydrogen-bond acceptors (Lipinski definition) is 4. The molecule has 7 heteroatoms. The van der Waals surface area contributed by atoms with E-state index in [0.29, 0.717) is 11.6 Å². The topological polar surface area (TPSA) is 87.3 Å². The van der Waals surface area contributed by atoms with E-state index >= 15 is 0 Å². The Morgan fingerprint density at radius 2 is 1.96 bits per heavy atom. The van der Waals surface area contributed by atoms with E-state index < -0.39 is 10.0 Å². The van der Waals surface area contributed by atoms with E-state index in [-0.39, 0.29) is 22.3 Å². The molecule has 3 rings (SSSR count). The highest BCUT2D eigenvalue weighted by Gasteiger charge is 2.49. The molecule has 25 heavy (non-hydrogen) atoms. The first-order valence-electron chi connectivity index (χ1n) is 8.98. The molecular weight excluding hydrogens is 338 g/mol. The number of nitrogens with one attached hydrogen (secondary N) is 3. The number of sulfonamides is 1. The second-order valence-electron chi connectivity index (χ2n) is 7.48. The molecule has 1 saturated carbocycles. The SMILES string of the molecule is CC(C)NS(=O)(=O)c1ccc(NC(=O)[C@@]23CCCC[C@H]2CNC3)cc1. The lowest BCUT2D eigenvalue weighted by Crippen LogP contribution is -2.44. The Bertz CT molecular complexity index is 730. The first kappa shape index (κ1) is 18.4. The Morgan fingerprint density at radius 3 is 2.64 bits per heavy atom. The first-order chi connectivity index (χ1) is 11.8. The molecule has 6 nitrogen and oxygen atoms in total. The number of rotatable bonds is 5. The zero-order valence-corrected chi connectivity index (χ0v) is 15.7. The van der Waals surface area contributed by atoms with Crippen LogP contribution in [0.4, 0.5) is 5.69 Å². The van der Waals surface area contributed by atoms with Gasteiger partial charge in [0.25, 0.3) is 0 Å². The Morgan fingerprint density at radius 1 is 1.24 bits per heavy atom. The monoisotopic (exact) mass is 365 g/mol. The standard InChI is InChI=1S/C18H27N3O3S/c1-13(2)21-25(23,24)16-8-6-15(7-9-16)20-17(22)18-10-4-3-5-14(18)11-19-12-18/h6-9,13-14,19,21H,3-5,10-12H2,1-2H3,(H,20,22)/t14-,18+/m0/s1. The van der Waals surface area contributed by atoms with Crippen LogP contribution in [0.2, 0.25) is 0 Å². The fourth-order valence-corrected chi connectivity index (χ4v) is 5.29. The third-order valence-electron chi connectivity index (χ3n) is 5.30. The summed E-state index contributed by atoms with van der Waals surface area (Å²) in [5.41, 5.74) is 0.321. The van der Waals surface area contributed by atoms with Crippen LogP contribution in [0, 0.1) is 11.3 Å². The summed E-state index contributed by atoms with van der Waals surface area (Å²) in [6, 6.07) is 6.21. The summed E-state index contributed by atoms with van der Waals surface area (Å²) in [6.45, 7) is 5.20. The van der Waals surface area contributed by atoms with E-state index in [1.54, 1.807) is 26.0 Å². The van der Waals surface area contributed by atoms with Crippen molar-refractivity contribution in [2.45, 2.75) is 50.5 Å². The highest BCUT2D eigenvalue weighted by molar-refractivity contribution is 7.89. The van der Waals surface area contributed by atoms with E-state index in [1.165, 1.54) is 18.6 Å². The van der Waals surface area contributed by atoms with Gasteiger partial charge in [0.2, 0.25) is 15.9 Å². The quantitative estimate of drug-likeness (QED) is 0.746. The number of fused-ring (bicyclic) bond motifs is 1. The zero-order valence-electron chi connectivity index (χ0n) is 14.8. The molecule has 1 amide bonds. The predicted molar refractivity (Wildman–Crippen MR) is 97.8 cm³/mol. The minimum Gasteiger partial charge on any atom is -0.326 e. The summed E-state index contributed by atoms with van der Waals surface area (Å²) < 4.78 is 26.9. The van der Waals surface area contributed by atoms with Gasteiger partial charge in [0.05, 0.1) is 10.3 Å². The number of benzene rings is 1. The van der Waals surface area contributed by atoms with Crippen LogP contribution in [-0.2, 0) is 14.8 Å². The number of carbonyl (C=O) groups is 1. The van der Waals surface area contributed by atoms with Crippen LogP contribution < -0.4 is 15.4 Å². The van der Waals surface area contributed by atoms with Crippen molar-refractivity contribution in [3.63, 3.8) is 0 Å². The van der Waals surface area contributed by atoms with Crippen LogP contribution in [-0.4, -0.2) is 33.5 Å². The molecule has 1 aromatic rings. The van der Waals surface area contributed by atoms with Crippen molar-refractivity contribution in [2.75, 3.05) is 18.4 Å². The second-order valence-corrected chi connectivity index (χ2v) is 9.20. The maximum atomic E-state index is 12.9. The molecule has 1 aliphatic carbocycles. The van der Waals surface area contributed by atoms with Gasteiger partial charge in [0, 0.05) is 18.3 Å². The van der Waals surface area contributed by atoms with Crippen LogP contribution >= 0.6 is 0 Å². The average molecular weight is 365 g/mol. The molecule has 0 bridgehead atoms. The van der Waals surface area contributed by atoms with Crippen LogP contribution in [0.1, 0.15) is 39.5 Å². The maximum Gasteiger partial charge on any atom is 0.240 e. The molecule has 1 aromatic carbocycles. The maximum absolute atomic E-state index is 12.9. The van der Waals surface area contributed by atoms with Crippen molar-refractivity contribution in [2.24, 2.45) is 11.3 Å². The fourth-order valence-electron chi connectivity index (χ4n) is 4.04. The van der Waals surface area contributed by atoms with E-state index in [4.69, 9.17) is 0 Å². The second kappa shape index (κ2) is 7.05. The summed E-state index contributed by atoms with van der Waals surface area (Å²) in [7, 11) is -3.51. The Hall–Kier alpha value is -1.44. The molecule has 2 aliphatic rings. The molecule has 1 saturated heterocycles. The van der Waals surface area contributed by atoms with Gasteiger partial charge in [-0.3, -0.25) is 4.79 Å². The van der Waals surface area contributed by atoms with Crippen molar-refractivity contribution in [3.05, 3.63) is 24.3 Å². The Kier molecular flexibility index (Phi) is 5.18. The Balaban J connectivity index is 1.72. The smallest absolute Gasteiger partial charge is 0.240 e. The van der Waals surface area contributed by atoms with Crippen molar-refractivity contribution >= 4 is 21.6 Å². The normalized spacial score (nSPS) is 26.4. The van der Waals surface area contributed by atoms with Gasteiger partial charge in [-0.05, 0) is 63.4 Å². The molecule has 0 spiro atoms. The molecule has 0 aromatic heterocycles.